The monoisotopic (exact) mass is 393 g/mol. The highest BCUT2D eigenvalue weighted by molar-refractivity contribution is 6.00. The number of amides is 3. The van der Waals surface area contributed by atoms with Crippen molar-refractivity contribution in [3.8, 4) is 5.75 Å². The molecule has 0 saturated carbocycles. The molecule has 29 heavy (non-hydrogen) atoms. The number of halogens is 1. The normalized spacial score (nSPS) is 10.1. The number of hydrogen-bond acceptors (Lipinski definition) is 3. The minimum Gasteiger partial charge on any atom is -0.493 e. The third kappa shape index (κ3) is 6.66. The predicted octanol–water partition coefficient (Wildman–Crippen LogP) is 4.88. The summed E-state index contributed by atoms with van der Waals surface area (Å²) in [6, 6.07) is 21.1. The standard InChI is InChI=1S/C22H20FN3O3/c23-16-6-12-20(13-7-16)29-15-14-21(27)24-18-8-10-19(11-9-18)26-22(28)25-17-4-2-1-3-5-17/h1-13H,14-15H2,(H,24,27)(H2,25,26,28). The molecule has 7 heteroatoms. The summed E-state index contributed by atoms with van der Waals surface area (Å²) < 4.78 is 18.2. The molecular formula is C22H20FN3O3. The molecule has 3 rings (SSSR count). The minimum atomic E-state index is -0.356. The zero-order chi connectivity index (χ0) is 20.5. The smallest absolute Gasteiger partial charge is 0.323 e. The van der Waals surface area contributed by atoms with Gasteiger partial charge in [0.25, 0.3) is 0 Å². The van der Waals surface area contributed by atoms with Crippen LogP contribution in [-0.2, 0) is 4.79 Å². The van der Waals surface area contributed by atoms with E-state index in [1.54, 1.807) is 36.4 Å². The molecule has 3 N–H and O–H groups in total. The van der Waals surface area contributed by atoms with Gasteiger partial charge < -0.3 is 20.7 Å². The lowest BCUT2D eigenvalue weighted by molar-refractivity contribution is -0.116. The van der Waals surface area contributed by atoms with Crippen LogP contribution in [0.1, 0.15) is 6.42 Å². The van der Waals surface area contributed by atoms with Gasteiger partial charge in [-0.1, -0.05) is 18.2 Å². The molecule has 0 unspecified atom stereocenters. The molecule has 6 nitrogen and oxygen atoms in total. The van der Waals surface area contributed by atoms with Crippen molar-refractivity contribution in [2.45, 2.75) is 6.42 Å². The van der Waals surface area contributed by atoms with E-state index in [0.29, 0.717) is 22.8 Å². The lowest BCUT2D eigenvalue weighted by atomic mass is 10.2. The number of ether oxygens (including phenoxy) is 1. The average Bonchev–Trinajstić information content (AvgIpc) is 2.72. The van der Waals surface area contributed by atoms with E-state index in [9.17, 15) is 14.0 Å². The number of para-hydroxylation sites is 1. The Labute approximate surface area is 167 Å². The van der Waals surface area contributed by atoms with E-state index >= 15 is 0 Å². The zero-order valence-electron chi connectivity index (χ0n) is 15.5. The van der Waals surface area contributed by atoms with E-state index < -0.39 is 0 Å². The van der Waals surface area contributed by atoms with Gasteiger partial charge in [-0.15, -0.1) is 0 Å². The molecule has 148 valence electrons. The molecule has 0 saturated heterocycles. The Bertz CT molecular complexity index is 945. The molecule has 0 atom stereocenters. The molecule has 0 bridgehead atoms. The quantitative estimate of drug-likeness (QED) is 0.535. The Morgan fingerprint density at radius 2 is 1.28 bits per heavy atom. The van der Waals surface area contributed by atoms with Crippen LogP contribution in [0.3, 0.4) is 0 Å². The highest BCUT2D eigenvalue weighted by Crippen LogP contribution is 2.15. The summed E-state index contributed by atoms with van der Waals surface area (Å²) in [4.78, 5) is 24.0. The van der Waals surface area contributed by atoms with E-state index in [0.717, 1.165) is 0 Å². The number of anilines is 3. The number of benzene rings is 3. The van der Waals surface area contributed by atoms with Gasteiger partial charge in [0.15, 0.2) is 0 Å². The van der Waals surface area contributed by atoms with E-state index in [2.05, 4.69) is 16.0 Å². The first-order valence-corrected chi connectivity index (χ1v) is 9.00. The Morgan fingerprint density at radius 3 is 1.90 bits per heavy atom. The SMILES string of the molecule is O=C(CCOc1ccc(F)cc1)Nc1ccc(NC(=O)Nc2ccccc2)cc1. The zero-order valence-corrected chi connectivity index (χ0v) is 15.5. The fourth-order valence-corrected chi connectivity index (χ4v) is 2.47. The molecule has 0 aliphatic heterocycles. The third-order valence-electron chi connectivity index (χ3n) is 3.87. The Balaban J connectivity index is 1.41. The van der Waals surface area contributed by atoms with Crippen LogP contribution in [0.4, 0.5) is 26.2 Å². The van der Waals surface area contributed by atoms with Gasteiger partial charge in [0.2, 0.25) is 5.91 Å². The number of carbonyl (C=O) groups excluding carboxylic acids is 2. The van der Waals surface area contributed by atoms with Gasteiger partial charge in [-0.3, -0.25) is 4.79 Å². The first kappa shape index (κ1) is 19.9. The second kappa shape index (κ2) is 9.89. The molecule has 0 aromatic heterocycles. The number of rotatable bonds is 7. The van der Waals surface area contributed by atoms with Crippen molar-refractivity contribution < 1.29 is 18.7 Å². The highest BCUT2D eigenvalue weighted by atomic mass is 19.1. The summed E-state index contributed by atoms with van der Waals surface area (Å²) in [5.74, 6) is -0.0522. The van der Waals surface area contributed by atoms with Gasteiger partial charge in [-0.05, 0) is 60.7 Å². The number of urea groups is 1. The summed E-state index contributed by atoms with van der Waals surface area (Å²) in [6.45, 7) is 0.177. The highest BCUT2D eigenvalue weighted by Gasteiger charge is 2.05. The fraction of sp³-hybridized carbons (Fsp3) is 0.0909. The van der Waals surface area contributed by atoms with Crippen molar-refractivity contribution in [2.75, 3.05) is 22.6 Å². The van der Waals surface area contributed by atoms with E-state index in [1.807, 2.05) is 18.2 Å². The number of hydrogen-bond donors (Lipinski definition) is 3. The van der Waals surface area contributed by atoms with Crippen LogP contribution in [0, 0.1) is 5.82 Å². The van der Waals surface area contributed by atoms with Gasteiger partial charge in [-0.25, -0.2) is 9.18 Å². The Morgan fingerprint density at radius 1 is 0.724 bits per heavy atom. The van der Waals surface area contributed by atoms with Crippen molar-refractivity contribution in [2.24, 2.45) is 0 Å². The lowest BCUT2D eigenvalue weighted by Crippen LogP contribution is -2.19. The van der Waals surface area contributed by atoms with Crippen molar-refractivity contribution in [1.29, 1.82) is 0 Å². The molecule has 0 spiro atoms. The molecule has 3 amide bonds. The second-order valence-electron chi connectivity index (χ2n) is 6.12. The average molecular weight is 393 g/mol. The lowest BCUT2D eigenvalue weighted by Gasteiger charge is -2.10. The minimum absolute atomic E-state index is 0.150. The van der Waals surface area contributed by atoms with Crippen LogP contribution in [0.25, 0.3) is 0 Å². The van der Waals surface area contributed by atoms with Crippen molar-refractivity contribution in [3.05, 3.63) is 84.7 Å². The van der Waals surface area contributed by atoms with Gasteiger partial charge >= 0.3 is 6.03 Å². The van der Waals surface area contributed by atoms with E-state index in [1.165, 1.54) is 24.3 Å². The predicted molar refractivity (Wildman–Crippen MR) is 111 cm³/mol. The van der Waals surface area contributed by atoms with Crippen molar-refractivity contribution in [3.63, 3.8) is 0 Å². The van der Waals surface area contributed by atoms with Gasteiger partial charge in [0, 0.05) is 17.1 Å². The summed E-state index contributed by atoms with van der Waals surface area (Å²) in [5, 5.41) is 8.19. The molecular weight excluding hydrogens is 373 g/mol. The third-order valence-corrected chi connectivity index (χ3v) is 3.87. The van der Waals surface area contributed by atoms with E-state index in [-0.39, 0.29) is 30.8 Å². The van der Waals surface area contributed by atoms with Crippen molar-refractivity contribution in [1.82, 2.24) is 0 Å². The van der Waals surface area contributed by atoms with Gasteiger partial charge in [-0.2, -0.15) is 0 Å². The molecule has 0 heterocycles. The summed E-state index contributed by atoms with van der Waals surface area (Å²) in [7, 11) is 0. The van der Waals surface area contributed by atoms with E-state index in [4.69, 9.17) is 4.74 Å². The van der Waals surface area contributed by atoms with Gasteiger partial charge in [0.05, 0.1) is 13.0 Å². The van der Waals surface area contributed by atoms with Crippen molar-refractivity contribution >= 4 is 29.0 Å². The molecule has 0 radical (unpaired) electrons. The largest absolute Gasteiger partial charge is 0.493 e. The van der Waals surface area contributed by atoms with Crippen LogP contribution in [0.5, 0.6) is 5.75 Å². The van der Waals surface area contributed by atoms with Crippen LogP contribution >= 0.6 is 0 Å². The second-order valence-corrected chi connectivity index (χ2v) is 6.12. The Hall–Kier alpha value is -3.87. The van der Waals surface area contributed by atoms with Crippen LogP contribution in [0.15, 0.2) is 78.9 Å². The summed E-state index contributed by atoms with van der Waals surface area (Å²) in [6.07, 6.45) is 0.150. The topological polar surface area (TPSA) is 79.5 Å². The van der Waals surface area contributed by atoms with Crippen LogP contribution in [0.2, 0.25) is 0 Å². The molecule has 3 aromatic carbocycles. The molecule has 0 aliphatic carbocycles. The molecule has 3 aromatic rings. The van der Waals surface area contributed by atoms with Crippen LogP contribution in [-0.4, -0.2) is 18.5 Å². The molecule has 0 fully saturated rings. The van der Waals surface area contributed by atoms with Gasteiger partial charge in [0.1, 0.15) is 11.6 Å². The summed E-state index contributed by atoms with van der Waals surface area (Å²) >= 11 is 0. The maximum Gasteiger partial charge on any atom is 0.323 e. The fourth-order valence-electron chi connectivity index (χ4n) is 2.47. The number of carbonyl (C=O) groups is 2. The number of nitrogens with one attached hydrogen (secondary N) is 3. The summed E-state index contributed by atoms with van der Waals surface area (Å²) in [5.41, 5.74) is 1.89. The maximum atomic E-state index is 12.8. The Kier molecular flexibility index (Phi) is 6.78. The first-order chi connectivity index (χ1) is 14.1. The maximum absolute atomic E-state index is 12.8. The van der Waals surface area contributed by atoms with Crippen LogP contribution < -0.4 is 20.7 Å². The molecule has 0 aliphatic rings. The first-order valence-electron chi connectivity index (χ1n) is 9.00.